The highest BCUT2D eigenvalue weighted by Gasteiger charge is 2.16. The van der Waals surface area contributed by atoms with Crippen LogP contribution in [0.3, 0.4) is 0 Å². The zero-order chi connectivity index (χ0) is 14.8. The van der Waals surface area contributed by atoms with E-state index in [4.69, 9.17) is 17.3 Å². The molecule has 0 aliphatic carbocycles. The first-order valence-corrected chi connectivity index (χ1v) is 7.05. The minimum atomic E-state index is 0.311. The van der Waals surface area contributed by atoms with Gasteiger partial charge in [0.25, 0.3) is 0 Å². The van der Waals surface area contributed by atoms with Gasteiger partial charge in [0.05, 0.1) is 11.6 Å². The Balaban J connectivity index is 2.22. The topological polar surface area (TPSA) is 56.7 Å². The van der Waals surface area contributed by atoms with Crippen molar-refractivity contribution in [2.75, 3.05) is 0 Å². The molecule has 0 saturated heterocycles. The summed E-state index contributed by atoms with van der Waals surface area (Å²) in [5.74, 6) is 1.40. The molecule has 106 valence electrons. The van der Waals surface area contributed by atoms with Gasteiger partial charge in [0.15, 0.2) is 11.6 Å². The molecule has 0 spiro atoms. The Morgan fingerprint density at radius 2 is 1.86 bits per heavy atom. The van der Waals surface area contributed by atoms with Gasteiger partial charge in [-0.1, -0.05) is 35.9 Å². The molecule has 2 aromatic carbocycles. The average Bonchev–Trinajstić information content (AvgIpc) is 2.92. The van der Waals surface area contributed by atoms with Crippen LogP contribution in [0.25, 0.3) is 17.1 Å². The number of nitrogens with zero attached hydrogens (tertiary/aromatic N) is 3. The van der Waals surface area contributed by atoms with E-state index in [1.54, 1.807) is 0 Å². The number of para-hydroxylation sites is 1. The molecule has 21 heavy (non-hydrogen) atoms. The van der Waals surface area contributed by atoms with Gasteiger partial charge >= 0.3 is 0 Å². The highest BCUT2D eigenvalue weighted by molar-refractivity contribution is 6.33. The van der Waals surface area contributed by atoms with Crippen LogP contribution in [0.15, 0.2) is 48.5 Å². The number of nitrogens with two attached hydrogens (primary N) is 1. The van der Waals surface area contributed by atoms with E-state index in [0.29, 0.717) is 23.2 Å². The van der Waals surface area contributed by atoms with E-state index < -0.39 is 0 Å². The van der Waals surface area contributed by atoms with Crippen LogP contribution in [-0.2, 0) is 6.54 Å². The molecule has 2 N–H and O–H groups in total. The number of aromatic nitrogens is 3. The van der Waals surface area contributed by atoms with E-state index in [9.17, 15) is 0 Å². The first kappa shape index (κ1) is 13.8. The summed E-state index contributed by atoms with van der Waals surface area (Å²) in [6, 6.07) is 15.8. The first-order valence-electron chi connectivity index (χ1n) is 6.67. The van der Waals surface area contributed by atoms with Gasteiger partial charge in [-0.25, -0.2) is 0 Å². The molecular weight excluding hydrogens is 284 g/mol. The number of benzene rings is 2. The van der Waals surface area contributed by atoms with Crippen LogP contribution >= 0.6 is 11.6 Å². The summed E-state index contributed by atoms with van der Waals surface area (Å²) in [4.78, 5) is 0. The fourth-order valence-electron chi connectivity index (χ4n) is 2.27. The standard InChI is InChI=1S/C16H15ClN4/c1-11-7-8-13(14(17)9-11)16-20-19-15(10-18)21(16)12-5-3-2-4-6-12/h2-9H,10,18H2,1H3. The van der Waals surface area contributed by atoms with Crippen molar-refractivity contribution in [2.45, 2.75) is 13.5 Å². The Kier molecular flexibility index (Phi) is 3.73. The number of hydrogen-bond acceptors (Lipinski definition) is 3. The molecule has 0 bridgehead atoms. The third kappa shape index (κ3) is 2.55. The molecule has 0 amide bonds. The number of hydrogen-bond donors (Lipinski definition) is 1. The monoisotopic (exact) mass is 298 g/mol. The molecule has 0 atom stereocenters. The Labute approximate surface area is 128 Å². The molecule has 0 aliphatic rings. The number of rotatable bonds is 3. The van der Waals surface area contributed by atoms with Gasteiger partial charge in [-0.3, -0.25) is 4.57 Å². The predicted molar refractivity (Wildman–Crippen MR) is 84.4 cm³/mol. The summed E-state index contributed by atoms with van der Waals surface area (Å²) in [5.41, 5.74) is 8.70. The molecule has 0 saturated carbocycles. The molecule has 1 heterocycles. The molecular formula is C16H15ClN4. The lowest BCUT2D eigenvalue weighted by Gasteiger charge is -2.11. The maximum atomic E-state index is 6.36. The van der Waals surface area contributed by atoms with Crippen LogP contribution in [0.1, 0.15) is 11.4 Å². The number of halogens is 1. The summed E-state index contributed by atoms with van der Waals surface area (Å²) in [6.07, 6.45) is 0. The van der Waals surface area contributed by atoms with Crippen molar-refractivity contribution in [3.05, 3.63) is 64.9 Å². The molecule has 5 heteroatoms. The van der Waals surface area contributed by atoms with E-state index in [1.807, 2.05) is 60.0 Å². The minimum absolute atomic E-state index is 0.311. The van der Waals surface area contributed by atoms with Gasteiger partial charge in [-0.15, -0.1) is 10.2 Å². The molecule has 0 radical (unpaired) electrons. The molecule has 0 unspecified atom stereocenters. The molecule has 0 fully saturated rings. The number of aryl methyl sites for hydroxylation is 1. The Morgan fingerprint density at radius 3 is 2.52 bits per heavy atom. The summed E-state index contributed by atoms with van der Waals surface area (Å²) in [7, 11) is 0. The quantitative estimate of drug-likeness (QED) is 0.806. The second-order valence-corrected chi connectivity index (χ2v) is 5.21. The lowest BCUT2D eigenvalue weighted by molar-refractivity contribution is 0.861. The highest BCUT2D eigenvalue weighted by atomic mass is 35.5. The first-order chi connectivity index (χ1) is 10.2. The fourth-order valence-corrected chi connectivity index (χ4v) is 2.59. The summed E-state index contributed by atoms with van der Waals surface area (Å²) in [6.45, 7) is 2.31. The summed E-state index contributed by atoms with van der Waals surface area (Å²) >= 11 is 6.36. The van der Waals surface area contributed by atoms with Crippen molar-refractivity contribution in [2.24, 2.45) is 5.73 Å². The van der Waals surface area contributed by atoms with Crippen molar-refractivity contribution in [1.29, 1.82) is 0 Å². The van der Waals surface area contributed by atoms with Gasteiger partial charge in [-0.2, -0.15) is 0 Å². The molecule has 3 rings (SSSR count). The van der Waals surface area contributed by atoms with Crippen LogP contribution in [0, 0.1) is 6.92 Å². The Morgan fingerprint density at radius 1 is 1.10 bits per heavy atom. The maximum Gasteiger partial charge on any atom is 0.170 e. The van der Waals surface area contributed by atoms with Crippen LogP contribution in [0.5, 0.6) is 0 Å². The normalized spacial score (nSPS) is 10.8. The molecule has 3 aromatic rings. The van der Waals surface area contributed by atoms with Gasteiger partial charge in [0.1, 0.15) is 0 Å². The average molecular weight is 299 g/mol. The second-order valence-electron chi connectivity index (χ2n) is 4.80. The minimum Gasteiger partial charge on any atom is -0.324 e. The summed E-state index contributed by atoms with van der Waals surface area (Å²) < 4.78 is 1.94. The second kappa shape index (κ2) is 5.68. The molecule has 4 nitrogen and oxygen atoms in total. The Bertz CT molecular complexity index is 765. The van der Waals surface area contributed by atoms with Crippen molar-refractivity contribution in [3.8, 4) is 17.1 Å². The van der Waals surface area contributed by atoms with E-state index in [-0.39, 0.29) is 0 Å². The van der Waals surface area contributed by atoms with E-state index >= 15 is 0 Å². The highest BCUT2D eigenvalue weighted by Crippen LogP contribution is 2.29. The van der Waals surface area contributed by atoms with Crippen LogP contribution in [0.4, 0.5) is 0 Å². The van der Waals surface area contributed by atoms with Gasteiger partial charge in [0, 0.05) is 11.3 Å². The largest absolute Gasteiger partial charge is 0.324 e. The molecule has 0 aliphatic heterocycles. The van der Waals surface area contributed by atoms with Crippen LogP contribution < -0.4 is 5.73 Å². The van der Waals surface area contributed by atoms with Gasteiger partial charge in [0.2, 0.25) is 0 Å². The van der Waals surface area contributed by atoms with Crippen molar-refractivity contribution in [1.82, 2.24) is 14.8 Å². The van der Waals surface area contributed by atoms with Crippen molar-refractivity contribution < 1.29 is 0 Å². The van der Waals surface area contributed by atoms with E-state index in [0.717, 1.165) is 16.8 Å². The van der Waals surface area contributed by atoms with Crippen molar-refractivity contribution >= 4 is 11.6 Å². The predicted octanol–water partition coefficient (Wildman–Crippen LogP) is 3.35. The van der Waals surface area contributed by atoms with Crippen molar-refractivity contribution in [3.63, 3.8) is 0 Å². The molecule has 1 aromatic heterocycles. The summed E-state index contributed by atoms with van der Waals surface area (Å²) in [5, 5.41) is 9.11. The van der Waals surface area contributed by atoms with Crippen LogP contribution in [0.2, 0.25) is 5.02 Å². The van der Waals surface area contributed by atoms with Crippen LogP contribution in [-0.4, -0.2) is 14.8 Å². The zero-order valence-electron chi connectivity index (χ0n) is 11.6. The lowest BCUT2D eigenvalue weighted by atomic mass is 10.1. The third-order valence-electron chi connectivity index (χ3n) is 3.29. The fraction of sp³-hybridized carbons (Fsp3) is 0.125. The lowest BCUT2D eigenvalue weighted by Crippen LogP contribution is -2.07. The maximum absolute atomic E-state index is 6.36. The zero-order valence-corrected chi connectivity index (χ0v) is 12.4. The SMILES string of the molecule is Cc1ccc(-c2nnc(CN)n2-c2ccccc2)c(Cl)c1. The van der Waals surface area contributed by atoms with Gasteiger partial charge < -0.3 is 5.73 Å². The van der Waals surface area contributed by atoms with E-state index in [2.05, 4.69) is 10.2 Å². The third-order valence-corrected chi connectivity index (χ3v) is 3.61. The Hall–Kier alpha value is -2.17. The van der Waals surface area contributed by atoms with E-state index in [1.165, 1.54) is 0 Å². The smallest absolute Gasteiger partial charge is 0.170 e. The van der Waals surface area contributed by atoms with Gasteiger partial charge in [-0.05, 0) is 36.8 Å².